The Labute approximate surface area is 126 Å². The lowest BCUT2D eigenvalue weighted by Gasteiger charge is -2.16. The highest BCUT2D eigenvalue weighted by molar-refractivity contribution is 5.96. The first-order valence-corrected chi connectivity index (χ1v) is 7.59. The molecule has 0 spiro atoms. The Morgan fingerprint density at radius 1 is 0.905 bits per heavy atom. The maximum Gasteiger partial charge on any atom is 0.0315 e. The molecule has 0 saturated carbocycles. The predicted molar refractivity (Wildman–Crippen MR) is 91.5 cm³/mol. The van der Waals surface area contributed by atoms with Crippen molar-refractivity contribution in [3.8, 4) is 11.1 Å². The molecular formula is C20H21N. The van der Waals surface area contributed by atoms with E-state index in [1.54, 1.807) is 0 Å². The molecule has 21 heavy (non-hydrogen) atoms. The lowest BCUT2D eigenvalue weighted by Crippen LogP contribution is -2.15. The highest BCUT2D eigenvalue weighted by Gasteiger charge is 2.09. The van der Waals surface area contributed by atoms with Gasteiger partial charge in [-0.1, -0.05) is 67.6 Å². The topological polar surface area (TPSA) is 12.0 Å². The first-order chi connectivity index (χ1) is 10.3. The van der Waals surface area contributed by atoms with Crippen molar-refractivity contribution >= 4 is 10.8 Å². The molecule has 1 unspecified atom stereocenters. The lowest BCUT2D eigenvalue weighted by molar-refractivity contribution is 0.577. The maximum atomic E-state index is 3.38. The van der Waals surface area contributed by atoms with E-state index < -0.39 is 0 Å². The second kappa shape index (κ2) is 6.11. The van der Waals surface area contributed by atoms with Crippen LogP contribution in [-0.2, 0) is 0 Å². The van der Waals surface area contributed by atoms with E-state index in [0.717, 1.165) is 6.42 Å². The zero-order chi connectivity index (χ0) is 14.7. The second-order valence-corrected chi connectivity index (χ2v) is 5.40. The summed E-state index contributed by atoms with van der Waals surface area (Å²) in [6.07, 6.45) is 1.09. The molecule has 1 heteroatoms. The molecule has 0 aliphatic carbocycles. The first-order valence-electron chi connectivity index (χ1n) is 7.59. The number of hydrogen-bond acceptors (Lipinski definition) is 1. The minimum absolute atomic E-state index is 0.417. The fraction of sp³-hybridized carbons (Fsp3) is 0.200. The Morgan fingerprint density at radius 3 is 2.48 bits per heavy atom. The summed E-state index contributed by atoms with van der Waals surface area (Å²) in [5.74, 6) is 0. The van der Waals surface area contributed by atoms with E-state index in [1.807, 2.05) is 7.05 Å². The molecule has 0 aromatic heterocycles. The summed E-state index contributed by atoms with van der Waals surface area (Å²) in [7, 11) is 2.03. The van der Waals surface area contributed by atoms with Gasteiger partial charge >= 0.3 is 0 Å². The third-order valence-corrected chi connectivity index (χ3v) is 4.15. The van der Waals surface area contributed by atoms with Crippen molar-refractivity contribution < 1.29 is 0 Å². The van der Waals surface area contributed by atoms with Crippen LogP contribution in [0.5, 0.6) is 0 Å². The van der Waals surface area contributed by atoms with Gasteiger partial charge in [-0.25, -0.2) is 0 Å². The normalized spacial score (nSPS) is 12.5. The van der Waals surface area contributed by atoms with Crippen LogP contribution in [0.15, 0.2) is 66.7 Å². The van der Waals surface area contributed by atoms with Crippen molar-refractivity contribution in [1.82, 2.24) is 5.32 Å². The van der Waals surface area contributed by atoms with Crippen molar-refractivity contribution in [2.75, 3.05) is 7.05 Å². The monoisotopic (exact) mass is 275 g/mol. The minimum Gasteiger partial charge on any atom is -0.313 e. The SMILES string of the molecule is CCC(NC)c1cccc(-c2cccc3ccccc23)c1. The molecule has 0 amide bonds. The van der Waals surface area contributed by atoms with E-state index in [4.69, 9.17) is 0 Å². The minimum atomic E-state index is 0.417. The molecule has 1 nitrogen and oxygen atoms in total. The van der Waals surface area contributed by atoms with Crippen LogP contribution in [0, 0.1) is 0 Å². The fourth-order valence-corrected chi connectivity index (χ4v) is 3.01. The maximum absolute atomic E-state index is 3.38. The second-order valence-electron chi connectivity index (χ2n) is 5.40. The largest absolute Gasteiger partial charge is 0.313 e. The summed E-state index contributed by atoms with van der Waals surface area (Å²) in [6, 6.07) is 24.4. The summed E-state index contributed by atoms with van der Waals surface area (Å²) in [5, 5.41) is 5.99. The van der Waals surface area contributed by atoms with E-state index in [2.05, 4.69) is 79.0 Å². The van der Waals surface area contributed by atoms with Gasteiger partial charge in [0.25, 0.3) is 0 Å². The van der Waals surface area contributed by atoms with E-state index in [-0.39, 0.29) is 0 Å². The third kappa shape index (κ3) is 2.70. The fourth-order valence-electron chi connectivity index (χ4n) is 3.01. The summed E-state index contributed by atoms with van der Waals surface area (Å²) >= 11 is 0. The van der Waals surface area contributed by atoms with Gasteiger partial charge in [0, 0.05) is 6.04 Å². The van der Waals surface area contributed by atoms with Gasteiger partial charge in [-0.3, -0.25) is 0 Å². The molecule has 0 saturated heterocycles. The van der Waals surface area contributed by atoms with Gasteiger partial charge in [0.2, 0.25) is 0 Å². The Balaban J connectivity index is 2.13. The molecule has 3 aromatic rings. The molecule has 0 heterocycles. The van der Waals surface area contributed by atoms with Crippen molar-refractivity contribution in [3.05, 3.63) is 72.3 Å². The van der Waals surface area contributed by atoms with Crippen LogP contribution in [-0.4, -0.2) is 7.05 Å². The molecule has 0 aliphatic heterocycles. The van der Waals surface area contributed by atoms with Crippen LogP contribution in [0.25, 0.3) is 21.9 Å². The van der Waals surface area contributed by atoms with Crippen LogP contribution < -0.4 is 5.32 Å². The zero-order valence-corrected chi connectivity index (χ0v) is 12.6. The zero-order valence-electron chi connectivity index (χ0n) is 12.6. The third-order valence-electron chi connectivity index (χ3n) is 4.15. The lowest BCUT2D eigenvalue weighted by atomic mass is 9.95. The van der Waals surface area contributed by atoms with E-state index in [0.29, 0.717) is 6.04 Å². The summed E-state index contributed by atoms with van der Waals surface area (Å²) in [4.78, 5) is 0. The van der Waals surface area contributed by atoms with Crippen molar-refractivity contribution in [2.24, 2.45) is 0 Å². The molecule has 0 radical (unpaired) electrons. The van der Waals surface area contributed by atoms with Crippen LogP contribution in [0.4, 0.5) is 0 Å². The number of hydrogen-bond donors (Lipinski definition) is 1. The molecule has 1 N–H and O–H groups in total. The van der Waals surface area contributed by atoms with Crippen molar-refractivity contribution in [1.29, 1.82) is 0 Å². The van der Waals surface area contributed by atoms with Gasteiger partial charge in [0.15, 0.2) is 0 Å². The van der Waals surface area contributed by atoms with Crippen LogP contribution >= 0.6 is 0 Å². The number of fused-ring (bicyclic) bond motifs is 1. The van der Waals surface area contributed by atoms with E-state index in [1.165, 1.54) is 27.5 Å². The van der Waals surface area contributed by atoms with Gasteiger partial charge in [0.1, 0.15) is 0 Å². The van der Waals surface area contributed by atoms with Crippen LogP contribution in [0.3, 0.4) is 0 Å². The molecule has 0 bridgehead atoms. The van der Waals surface area contributed by atoms with Crippen LogP contribution in [0.1, 0.15) is 24.9 Å². The van der Waals surface area contributed by atoms with Gasteiger partial charge in [-0.2, -0.15) is 0 Å². The Kier molecular flexibility index (Phi) is 4.03. The standard InChI is InChI=1S/C20H21N/c1-3-20(21-2)17-11-6-10-16(14-17)19-13-7-9-15-8-4-5-12-18(15)19/h4-14,20-21H,3H2,1-2H3. The Morgan fingerprint density at radius 2 is 1.67 bits per heavy atom. The smallest absolute Gasteiger partial charge is 0.0315 e. The van der Waals surface area contributed by atoms with E-state index in [9.17, 15) is 0 Å². The van der Waals surface area contributed by atoms with Gasteiger partial charge in [-0.15, -0.1) is 0 Å². The molecular weight excluding hydrogens is 254 g/mol. The number of rotatable bonds is 4. The molecule has 1 atom stereocenters. The van der Waals surface area contributed by atoms with Gasteiger partial charge in [0.05, 0.1) is 0 Å². The highest BCUT2D eigenvalue weighted by Crippen LogP contribution is 2.30. The molecule has 0 aliphatic rings. The molecule has 3 aromatic carbocycles. The summed E-state index contributed by atoms with van der Waals surface area (Å²) < 4.78 is 0. The average Bonchev–Trinajstić information content (AvgIpc) is 2.56. The first kappa shape index (κ1) is 13.8. The Bertz CT molecular complexity index is 736. The molecule has 106 valence electrons. The number of benzene rings is 3. The highest BCUT2D eigenvalue weighted by atomic mass is 14.9. The van der Waals surface area contributed by atoms with Crippen molar-refractivity contribution in [2.45, 2.75) is 19.4 Å². The average molecular weight is 275 g/mol. The summed E-state index contributed by atoms with van der Waals surface area (Å²) in [5.41, 5.74) is 3.95. The van der Waals surface area contributed by atoms with E-state index >= 15 is 0 Å². The molecule has 3 rings (SSSR count). The predicted octanol–water partition coefficient (Wildman–Crippen LogP) is 5.18. The molecule has 0 fully saturated rings. The number of nitrogens with one attached hydrogen (secondary N) is 1. The summed E-state index contributed by atoms with van der Waals surface area (Å²) in [6.45, 7) is 2.21. The van der Waals surface area contributed by atoms with Gasteiger partial charge in [-0.05, 0) is 47.0 Å². The van der Waals surface area contributed by atoms with Crippen LogP contribution in [0.2, 0.25) is 0 Å². The quantitative estimate of drug-likeness (QED) is 0.692. The van der Waals surface area contributed by atoms with Crippen molar-refractivity contribution in [3.63, 3.8) is 0 Å². The van der Waals surface area contributed by atoms with Gasteiger partial charge < -0.3 is 5.32 Å². The Hall–Kier alpha value is -2.12.